The van der Waals surface area contributed by atoms with Crippen LogP contribution in [0.25, 0.3) is 10.9 Å². The summed E-state index contributed by atoms with van der Waals surface area (Å²) in [4.78, 5) is 22.6. The van der Waals surface area contributed by atoms with Crippen molar-refractivity contribution in [3.8, 4) is 0 Å². The van der Waals surface area contributed by atoms with Gasteiger partial charge in [-0.3, -0.25) is 4.79 Å². The van der Waals surface area contributed by atoms with Gasteiger partial charge in [-0.05, 0) is 26.0 Å². The fourth-order valence-corrected chi connectivity index (χ4v) is 2.12. The maximum atomic E-state index is 11.9. The summed E-state index contributed by atoms with van der Waals surface area (Å²) in [5.41, 5.74) is 0.850. The Morgan fingerprint density at radius 2 is 2.00 bits per heavy atom. The summed E-state index contributed by atoms with van der Waals surface area (Å²) in [6.07, 6.45) is 0. The fourth-order valence-electron chi connectivity index (χ4n) is 2.12. The smallest absolute Gasteiger partial charge is 0.239 e. The van der Waals surface area contributed by atoms with Gasteiger partial charge < -0.3 is 15.5 Å². The van der Waals surface area contributed by atoms with Crippen molar-refractivity contribution in [1.29, 1.82) is 0 Å². The first-order valence-corrected chi connectivity index (χ1v) is 6.96. The Morgan fingerprint density at radius 3 is 2.67 bits per heavy atom. The van der Waals surface area contributed by atoms with Crippen molar-refractivity contribution in [3.05, 3.63) is 24.3 Å². The lowest BCUT2D eigenvalue weighted by Gasteiger charge is -2.20. The third-order valence-electron chi connectivity index (χ3n) is 3.00. The van der Waals surface area contributed by atoms with Gasteiger partial charge in [-0.15, -0.1) is 0 Å². The van der Waals surface area contributed by atoms with Crippen LogP contribution in [0.1, 0.15) is 13.8 Å². The van der Waals surface area contributed by atoms with E-state index in [2.05, 4.69) is 20.6 Å². The van der Waals surface area contributed by atoms with Crippen molar-refractivity contribution in [1.82, 2.24) is 15.3 Å². The van der Waals surface area contributed by atoms with Crippen molar-refractivity contribution in [2.75, 3.05) is 30.9 Å². The van der Waals surface area contributed by atoms with E-state index >= 15 is 0 Å². The van der Waals surface area contributed by atoms with E-state index in [1.165, 1.54) is 0 Å². The molecule has 0 radical (unpaired) electrons. The van der Waals surface area contributed by atoms with E-state index in [1.54, 1.807) is 7.05 Å². The molecule has 0 fully saturated rings. The van der Waals surface area contributed by atoms with E-state index in [0.717, 1.165) is 16.7 Å². The van der Waals surface area contributed by atoms with Gasteiger partial charge in [0.1, 0.15) is 5.82 Å². The van der Waals surface area contributed by atoms with Crippen molar-refractivity contribution < 1.29 is 4.79 Å². The summed E-state index contributed by atoms with van der Waals surface area (Å²) in [7, 11) is 3.63. The molecule has 0 bridgehead atoms. The van der Waals surface area contributed by atoms with Crippen LogP contribution in [0.2, 0.25) is 0 Å². The minimum absolute atomic E-state index is 0.0267. The average molecular weight is 287 g/mol. The molecule has 0 aliphatic rings. The normalized spacial score (nSPS) is 10.7. The maximum Gasteiger partial charge on any atom is 0.239 e. The highest BCUT2D eigenvalue weighted by molar-refractivity contribution is 5.92. The van der Waals surface area contributed by atoms with Gasteiger partial charge in [-0.1, -0.05) is 12.1 Å². The van der Waals surface area contributed by atoms with Gasteiger partial charge in [0.2, 0.25) is 11.9 Å². The summed E-state index contributed by atoms with van der Waals surface area (Å²) >= 11 is 0. The zero-order valence-electron chi connectivity index (χ0n) is 12.8. The molecule has 1 amide bonds. The van der Waals surface area contributed by atoms with Crippen LogP contribution in [0.3, 0.4) is 0 Å². The molecule has 0 saturated heterocycles. The van der Waals surface area contributed by atoms with E-state index in [9.17, 15) is 4.79 Å². The second-order valence-electron chi connectivity index (χ2n) is 5.22. The Bertz CT molecular complexity index is 641. The van der Waals surface area contributed by atoms with Crippen molar-refractivity contribution in [2.45, 2.75) is 19.9 Å². The monoisotopic (exact) mass is 287 g/mol. The lowest BCUT2D eigenvalue weighted by atomic mass is 10.2. The molecule has 1 aromatic carbocycles. The maximum absolute atomic E-state index is 11.9. The number of hydrogen-bond donors (Lipinski definition) is 2. The van der Waals surface area contributed by atoms with E-state index in [0.29, 0.717) is 5.95 Å². The van der Waals surface area contributed by atoms with Gasteiger partial charge in [0, 0.05) is 25.5 Å². The largest absolute Gasteiger partial charge is 0.357 e. The number of hydrogen-bond acceptors (Lipinski definition) is 5. The number of nitrogens with zero attached hydrogens (tertiary/aromatic N) is 3. The summed E-state index contributed by atoms with van der Waals surface area (Å²) in [6.45, 7) is 4.14. The zero-order valence-corrected chi connectivity index (χ0v) is 12.8. The van der Waals surface area contributed by atoms with Gasteiger partial charge in [0.15, 0.2) is 0 Å². The number of aromatic nitrogens is 2. The number of fused-ring (bicyclic) bond motifs is 1. The number of benzene rings is 1. The molecule has 0 spiro atoms. The SMILES string of the molecule is CNc1nc(N(C)CC(=O)NC(C)C)c2ccccc2n1. The molecule has 0 aliphatic carbocycles. The van der Waals surface area contributed by atoms with Gasteiger partial charge in [0.05, 0.1) is 12.1 Å². The summed E-state index contributed by atoms with van der Waals surface area (Å²) in [5.74, 6) is 1.25. The first-order valence-electron chi connectivity index (χ1n) is 6.96. The topological polar surface area (TPSA) is 70.2 Å². The predicted octanol–water partition coefficient (Wildman–Crippen LogP) is 1.63. The van der Waals surface area contributed by atoms with Crippen LogP contribution in [0, 0.1) is 0 Å². The van der Waals surface area contributed by atoms with Gasteiger partial charge in [0.25, 0.3) is 0 Å². The summed E-state index contributed by atoms with van der Waals surface area (Å²) < 4.78 is 0. The number of rotatable bonds is 5. The molecule has 2 N–H and O–H groups in total. The van der Waals surface area contributed by atoms with Crippen LogP contribution in [-0.4, -0.2) is 42.6 Å². The van der Waals surface area contributed by atoms with E-state index in [1.807, 2.05) is 50.1 Å². The van der Waals surface area contributed by atoms with Crippen molar-refractivity contribution in [3.63, 3.8) is 0 Å². The molecule has 0 aliphatic heterocycles. The number of anilines is 2. The molecular weight excluding hydrogens is 266 g/mol. The number of carbonyl (C=O) groups excluding carboxylic acids is 1. The second kappa shape index (κ2) is 6.39. The predicted molar refractivity (Wildman–Crippen MR) is 85.6 cm³/mol. The molecule has 0 saturated carbocycles. The number of para-hydroxylation sites is 1. The third-order valence-corrected chi connectivity index (χ3v) is 3.00. The van der Waals surface area contributed by atoms with Crippen LogP contribution in [0.4, 0.5) is 11.8 Å². The van der Waals surface area contributed by atoms with E-state index in [-0.39, 0.29) is 18.5 Å². The number of nitrogens with one attached hydrogen (secondary N) is 2. The molecule has 2 aromatic rings. The summed E-state index contributed by atoms with van der Waals surface area (Å²) in [6, 6.07) is 7.89. The number of carbonyl (C=O) groups is 1. The Morgan fingerprint density at radius 1 is 1.29 bits per heavy atom. The fraction of sp³-hybridized carbons (Fsp3) is 0.400. The highest BCUT2D eigenvalue weighted by Gasteiger charge is 2.14. The molecule has 6 nitrogen and oxygen atoms in total. The van der Waals surface area contributed by atoms with Crippen LogP contribution in [0.15, 0.2) is 24.3 Å². The quantitative estimate of drug-likeness (QED) is 0.874. The van der Waals surface area contributed by atoms with Gasteiger partial charge >= 0.3 is 0 Å². The van der Waals surface area contributed by atoms with Crippen LogP contribution < -0.4 is 15.5 Å². The average Bonchev–Trinajstić information content (AvgIpc) is 2.44. The van der Waals surface area contributed by atoms with Crippen molar-refractivity contribution >= 4 is 28.6 Å². The first kappa shape index (κ1) is 15.0. The zero-order chi connectivity index (χ0) is 15.4. The Balaban J connectivity index is 2.33. The van der Waals surface area contributed by atoms with Gasteiger partial charge in [-0.25, -0.2) is 4.98 Å². The Hall–Kier alpha value is -2.37. The van der Waals surface area contributed by atoms with Crippen LogP contribution >= 0.6 is 0 Å². The molecule has 0 unspecified atom stereocenters. The molecule has 6 heteroatoms. The minimum atomic E-state index is -0.0267. The standard InChI is InChI=1S/C15H21N5O/c1-10(2)17-13(21)9-20(4)14-11-7-5-6-8-12(11)18-15(16-3)19-14/h5-8,10H,9H2,1-4H3,(H,17,21)(H,16,18,19). The van der Waals surface area contributed by atoms with Gasteiger partial charge in [-0.2, -0.15) is 4.98 Å². The summed E-state index contributed by atoms with van der Waals surface area (Å²) in [5, 5.41) is 6.76. The highest BCUT2D eigenvalue weighted by Crippen LogP contribution is 2.24. The second-order valence-corrected chi connectivity index (χ2v) is 5.22. The molecule has 0 atom stereocenters. The molecule has 1 aromatic heterocycles. The number of likely N-dealkylation sites (N-methyl/N-ethyl adjacent to an activating group) is 1. The molecule has 1 heterocycles. The molecule has 112 valence electrons. The lowest BCUT2D eigenvalue weighted by molar-refractivity contribution is -0.120. The minimum Gasteiger partial charge on any atom is -0.357 e. The van der Waals surface area contributed by atoms with Crippen LogP contribution in [-0.2, 0) is 4.79 Å². The van der Waals surface area contributed by atoms with E-state index in [4.69, 9.17) is 0 Å². The third kappa shape index (κ3) is 3.59. The molecule has 21 heavy (non-hydrogen) atoms. The lowest BCUT2D eigenvalue weighted by Crippen LogP contribution is -2.39. The molecule has 2 rings (SSSR count). The molecular formula is C15H21N5O. The van der Waals surface area contributed by atoms with Crippen LogP contribution in [0.5, 0.6) is 0 Å². The Kier molecular flexibility index (Phi) is 4.57. The van der Waals surface area contributed by atoms with Crippen molar-refractivity contribution in [2.24, 2.45) is 0 Å². The Labute approximate surface area is 124 Å². The first-order chi connectivity index (χ1) is 10.0. The highest BCUT2D eigenvalue weighted by atomic mass is 16.2. The number of amides is 1. The van der Waals surface area contributed by atoms with E-state index < -0.39 is 0 Å².